The molecule has 112 valence electrons. The molecule has 0 saturated heterocycles. The highest BCUT2D eigenvalue weighted by atomic mass is 15.1. The highest BCUT2D eigenvalue weighted by Gasteiger charge is 2.10. The first kappa shape index (κ1) is 15.3. The number of nitrogens with zero attached hydrogens (tertiary/aromatic N) is 3. The van der Waals surface area contributed by atoms with Crippen LogP contribution in [0.4, 0.5) is 11.4 Å². The maximum Gasteiger partial charge on any atom is 0.0743 e. The fourth-order valence-corrected chi connectivity index (χ4v) is 2.34. The van der Waals surface area contributed by atoms with Crippen molar-refractivity contribution in [3.63, 3.8) is 0 Å². The minimum absolute atomic E-state index is 0.855. The molecule has 0 bridgehead atoms. The van der Waals surface area contributed by atoms with E-state index in [1.54, 1.807) is 0 Å². The van der Waals surface area contributed by atoms with Gasteiger partial charge in [0.2, 0.25) is 0 Å². The molecule has 2 aromatic rings. The molecule has 0 aliphatic carbocycles. The van der Waals surface area contributed by atoms with E-state index in [9.17, 15) is 0 Å². The quantitative estimate of drug-likeness (QED) is 0.914. The molecule has 0 fully saturated rings. The van der Waals surface area contributed by atoms with Crippen molar-refractivity contribution in [2.45, 2.75) is 6.54 Å². The van der Waals surface area contributed by atoms with Gasteiger partial charge in [0.05, 0.1) is 5.69 Å². The Labute approximate surface area is 127 Å². The molecule has 0 spiro atoms. The van der Waals surface area contributed by atoms with Crippen molar-refractivity contribution in [2.75, 3.05) is 45.0 Å². The highest BCUT2D eigenvalue weighted by Crippen LogP contribution is 2.31. The van der Waals surface area contributed by atoms with Gasteiger partial charge in [0.15, 0.2) is 0 Å². The largest absolute Gasteiger partial charge is 0.378 e. The number of nitrogens with one attached hydrogen (secondary N) is 1. The van der Waals surface area contributed by atoms with Crippen molar-refractivity contribution in [3.05, 3.63) is 42.1 Å². The molecule has 0 atom stereocenters. The molecule has 0 aliphatic heterocycles. The summed E-state index contributed by atoms with van der Waals surface area (Å²) in [6.07, 6.45) is 1.87. The van der Waals surface area contributed by atoms with Gasteiger partial charge in [-0.1, -0.05) is 6.07 Å². The topological polar surface area (TPSA) is 31.4 Å². The molecule has 0 amide bonds. The number of hydrogen-bond donors (Lipinski definition) is 1. The van der Waals surface area contributed by atoms with Gasteiger partial charge in [0.25, 0.3) is 0 Å². The third kappa shape index (κ3) is 3.52. The average Bonchev–Trinajstić information content (AvgIpc) is 2.47. The normalized spacial score (nSPS) is 10.5. The second-order valence-corrected chi connectivity index (χ2v) is 5.57. The predicted molar refractivity (Wildman–Crippen MR) is 91.1 cm³/mol. The zero-order valence-electron chi connectivity index (χ0n) is 13.5. The minimum Gasteiger partial charge on any atom is -0.378 e. The van der Waals surface area contributed by atoms with Crippen LogP contribution in [0.25, 0.3) is 11.3 Å². The molecular weight excluding hydrogens is 260 g/mol. The average molecular weight is 284 g/mol. The second kappa shape index (κ2) is 6.59. The van der Waals surface area contributed by atoms with Crippen LogP contribution >= 0.6 is 0 Å². The van der Waals surface area contributed by atoms with Crippen LogP contribution in [0.2, 0.25) is 0 Å². The van der Waals surface area contributed by atoms with Gasteiger partial charge in [0.1, 0.15) is 0 Å². The SMILES string of the molecule is CNCc1ccc(N(C)C)c(-c2cc(N(C)C)ccn2)c1. The molecule has 1 aromatic heterocycles. The minimum atomic E-state index is 0.855. The van der Waals surface area contributed by atoms with Crippen LogP contribution in [0.5, 0.6) is 0 Å². The van der Waals surface area contributed by atoms with Gasteiger partial charge >= 0.3 is 0 Å². The molecule has 1 N–H and O–H groups in total. The van der Waals surface area contributed by atoms with E-state index < -0.39 is 0 Å². The molecule has 21 heavy (non-hydrogen) atoms. The number of anilines is 2. The van der Waals surface area contributed by atoms with Crippen molar-refractivity contribution in [1.82, 2.24) is 10.3 Å². The Balaban J connectivity index is 2.54. The maximum atomic E-state index is 4.56. The van der Waals surface area contributed by atoms with Crippen LogP contribution in [-0.2, 0) is 6.54 Å². The van der Waals surface area contributed by atoms with E-state index in [-0.39, 0.29) is 0 Å². The monoisotopic (exact) mass is 284 g/mol. The third-order valence-electron chi connectivity index (χ3n) is 3.46. The van der Waals surface area contributed by atoms with Crippen LogP contribution in [-0.4, -0.2) is 40.2 Å². The van der Waals surface area contributed by atoms with Crippen LogP contribution < -0.4 is 15.1 Å². The lowest BCUT2D eigenvalue weighted by Gasteiger charge is -2.19. The summed E-state index contributed by atoms with van der Waals surface area (Å²) in [5.41, 5.74) is 5.76. The Bertz CT molecular complexity index is 605. The van der Waals surface area contributed by atoms with Crippen molar-refractivity contribution in [2.24, 2.45) is 0 Å². The molecule has 1 heterocycles. The molecule has 0 saturated carbocycles. The summed E-state index contributed by atoms with van der Waals surface area (Å²) in [5, 5.41) is 3.20. The molecular formula is C17H24N4. The fraction of sp³-hybridized carbons (Fsp3) is 0.353. The van der Waals surface area contributed by atoms with E-state index >= 15 is 0 Å². The van der Waals surface area contributed by atoms with E-state index in [1.165, 1.54) is 11.3 Å². The summed E-state index contributed by atoms with van der Waals surface area (Å²) in [5.74, 6) is 0. The lowest BCUT2D eigenvalue weighted by molar-refractivity contribution is 0.818. The maximum absolute atomic E-state index is 4.56. The second-order valence-electron chi connectivity index (χ2n) is 5.57. The number of aromatic nitrogens is 1. The Hall–Kier alpha value is -2.07. The van der Waals surface area contributed by atoms with Gasteiger partial charge in [-0.15, -0.1) is 0 Å². The Kier molecular flexibility index (Phi) is 4.81. The van der Waals surface area contributed by atoms with Crippen LogP contribution in [0.3, 0.4) is 0 Å². The van der Waals surface area contributed by atoms with E-state index in [0.717, 1.165) is 23.5 Å². The Morgan fingerprint density at radius 1 is 1.00 bits per heavy atom. The van der Waals surface area contributed by atoms with Gasteiger partial charge in [-0.25, -0.2) is 0 Å². The van der Waals surface area contributed by atoms with Crippen LogP contribution in [0.15, 0.2) is 36.5 Å². The number of pyridine rings is 1. The van der Waals surface area contributed by atoms with Gasteiger partial charge in [-0.2, -0.15) is 0 Å². The number of benzene rings is 1. The summed E-state index contributed by atoms with van der Waals surface area (Å²) in [7, 11) is 10.2. The summed E-state index contributed by atoms with van der Waals surface area (Å²) < 4.78 is 0. The molecule has 4 heteroatoms. The number of hydrogen-bond acceptors (Lipinski definition) is 4. The summed E-state index contributed by atoms with van der Waals surface area (Å²) in [4.78, 5) is 8.79. The van der Waals surface area contributed by atoms with E-state index in [1.807, 2.05) is 33.4 Å². The Morgan fingerprint density at radius 3 is 2.38 bits per heavy atom. The molecule has 0 unspecified atom stereocenters. The first-order chi connectivity index (χ1) is 10.0. The van der Waals surface area contributed by atoms with Crippen molar-refractivity contribution < 1.29 is 0 Å². The third-order valence-corrected chi connectivity index (χ3v) is 3.46. The first-order valence-electron chi connectivity index (χ1n) is 7.11. The molecule has 0 aliphatic rings. The first-order valence-corrected chi connectivity index (χ1v) is 7.11. The van der Waals surface area contributed by atoms with Crippen LogP contribution in [0, 0.1) is 0 Å². The highest BCUT2D eigenvalue weighted by molar-refractivity contribution is 5.78. The van der Waals surface area contributed by atoms with Gasteiger partial charge in [-0.3, -0.25) is 4.98 Å². The standard InChI is InChI=1S/C17H24N4/c1-18-12-13-6-7-17(21(4)5)15(10-13)16-11-14(20(2)3)8-9-19-16/h6-11,18H,12H2,1-5H3. The van der Waals surface area contributed by atoms with E-state index in [0.29, 0.717) is 0 Å². The number of rotatable bonds is 5. The predicted octanol–water partition coefficient (Wildman–Crippen LogP) is 2.60. The van der Waals surface area contributed by atoms with E-state index in [2.05, 4.69) is 58.5 Å². The van der Waals surface area contributed by atoms with Crippen molar-refractivity contribution >= 4 is 11.4 Å². The zero-order chi connectivity index (χ0) is 15.4. The summed E-state index contributed by atoms with van der Waals surface area (Å²) in [6.45, 7) is 0.855. The molecule has 0 radical (unpaired) electrons. The Morgan fingerprint density at radius 2 is 1.76 bits per heavy atom. The smallest absolute Gasteiger partial charge is 0.0743 e. The van der Waals surface area contributed by atoms with Crippen molar-refractivity contribution in [3.8, 4) is 11.3 Å². The van der Waals surface area contributed by atoms with Gasteiger partial charge < -0.3 is 15.1 Å². The lowest BCUT2D eigenvalue weighted by atomic mass is 10.0. The van der Waals surface area contributed by atoms with Gasteiger partial charge in [-0.05, 0) is 36.9 Å². The summed E-state index contributed by atoms with van der Waals surface area (Å²) in [6, 6.07) is 10.7. The molecule has 2 rings (SSSR count). The van der Waals surface area contributed by atoms with Gasteiger partial charge in [0, 0.05) is 57.9 Å². The van der Waals surface area contributed by atoms with Crippen molar-refractivity contribution in [1.29, 1.82) is 0 Å². The fourth-order valence-electron chi connectivity index (χ4n) is 2.34. The zero-order valence-corrected chi connectivity index (χ0v) is 13.5. The van der Waals surface area contributed by atoms with Crippen LogP contribution in [0.1, 0.15) is 5.56 Å². The lowest BCUT2D eigenvalue weighted by Crippen LogP contribution is -2.12. The van der Waals surface area contributed by atoms with E-state index in [4.69, 9.17) is 0 Å². The molecule has 4 nitrogen and oxygen atoms in total. The molecule has 1 aromatic carbocycles. The summed E-state index contributed by atoms with van der Waals surface area (Å²) >= 11 is 0.